The van der Waals surface area contributed by atoms with Crippen LogP contribution in [0.15, 0.2) is 18.2 Å². The molecule has 0 fully saturated rings. The Bertz CT molecular complexity index is 480. The lowest BCUT2D eigenvalue weighted by molar-refractivity contribution is -0.140. The summed E-state index contributed by atoms with van der Waals surface area (Å²) in [7, 11) is 0. The average Bonchev–Trinajstić information content (AvgIpc) is 2.66. The third kappa shape index (κ3) is 3.74. The first kappa shape index (κ1) is 16.5. The highest BCUT2D eigenvalue weighted by atomic mass is 19.4. The first-order valence-corrected chi connectivity index (χ1v) is 6.77. The van der Waals surface area contributed by atoms with Gasteiger partial charge in [0.15, 0.2) is 0 Å². The van der Waals surface area contributed by atoms with Gasteiger partial charge in [0.05, 0.1) is 0 Å². The van der Waals surface area contributed by atoms with E-state index in [1.54, 1.807) is 12.1 Å². The second-order valence-corrected chi connectivity index (χ2v) is 4.85. The quantitative estimate of drug-likeness (QED) is 0.791. The van der Waals surface area contributed by atoms with Crippen LogP contribution in [0, 0.1) is 0 Å². The minimum atomic E-state index is -4.35. The standard InChI is InChI=1S/C13H14F3NO.C2H6/c1-8(2)9-3-4-11-10(5-9)6-17(12(11)18)7-13(14,15)16;1-2/h3-5,8H,6-7H2,1-2H3;1-2H3. The van der Waals surface area contributed by atoms with Crippen molar-refractivity contribution in [1.29, 1.82) is 0 Å². The molecule has 5 heteroatoms. The van der Waals surface area contributed by atoms with Crippen molar-refractivity contribution >= 4 is 5.91 Å². The number of alkyl halides is 3. The molecule has 0 bridgehead atoms. The smallest absolute Gasteiger partial charge is 0.325 e. The van der Waals surface area contributed by atoms with Crippen molar-refractivity contribution < 1.29 is 18.0 Å². The van der Waals surface area contributed by atoms with Crippen LogP contribution in [0.4, 0.5) is 13.2 Å². The second kappa shape index (κ2) is 6.29. The number of hydrogen-bond donors (Lipinski definition) is 0. The summed E-state index contributed by atoms with van der Waals surface area (Å²) < 4.78 is 37.0. The molecule has 20 heavy (non-hydrogen) atoms. The average molecular weight is 287 g/mol. The van der Waals surface area contributed by atoms with E-state index in [0.29, 0.717) is 17.0 Å². The Kier molecular flexibility index (Phi) is 5.20. The summed E-state index contributed by atoms with van der Waals surface area (Å²) in [5.41, 5.74) is 2.12. The van der Waals surface area contributed by atoms with Gasteiger partial charge in [-0.2, -0.15) is 13.2 Å². The van der Waals surface area contributed by atoms with Gasteiger partial charge in [-0.25, -0.2) is 0 Å². The Morgan fingerprint density at radius 3 is 2.35 bits per heavy atom. The van der Waals surface area contributed by atoms with Gasteiger partial charge in [-0.15, -0.1) is 0 Å². The lowest BCUT2D eigenvalue weighted by atomic mass is 9.98. The molecule has 1 aliphatic rings. The van der Waals surface area contributed by atoms with E-state index in [1.165, 1.54) is 0 Å². The summed E-state index contributed by atoms with van der Waals surface area (Å²) in [6.45, 7) is 6.88. The van der Waals surface area contributed by atoms with Crippen LogP contribution in [0.2, 0.25) is 0 Å². The molecule has 0 unspecified atom stereocenters. The summed E-state index contributed by atoms with van der Waals surface area (Å²) in [5, 5.41) is 0. The molecule has 1 aromatic rings. The lowest BCUT2D eigenvalue weighted by Crippen LogP contribution is -2.34. The predicted molar refractivity (Wildman–Crippen MR) is 72.7 cm³/mol. The van der Waals surface area contributed by atoms with Gasteiger partial charge < -0.3 is 4.90 Å². The third-order valence-electron chi connectivity index (χ3n) is 3.04. The Balaban J connectivity index is 0.000000956. The number of nitrogens with zero attached hydrogens (tertiary/aromatic N) is 1. The first-order chi connectivity index (χ1) is 9.28. The zero-order chi connectivity index (χ0) is 15.5. The van der Waals surface area contributed by atoms with Crippen LogP contribution in [0.1, 0.15) is 55.1 Å². The molecule has 0 spiro atoms. The van der Waals surface area contributed by atoms with E-state index in [9.17, 15) is 18.0 Å². The number of amides is 1. The largest absolute Gasteiger partial charge is 0.406 e. The van der Waals surface area contributed by atoms with Gasteiger partial charge >= 0.3 is 6.18 Å². The van der Waals surface area contributed by atoms with Crippen molar-refractivity contribution in [2.24, 2.45) is 0 Å². The van der Waals surface area contributed by atoms with Gasteiger partial charge in [-0.1, -0.05) is 39.8 Å². The Morgan fingerprint density at radius 1 is 1.25 bits per heavy atom. The minimum Gasteiger partial charge on any atom is -0.325 e. The monoisotopic (exact) mass is 287 g/mol. The van der Waals surface area contributed by atoms with E-state index in [2.05, 4.69) is 0 Å². The summed E-state index contributed by atoms with van der Waals surface area (Å²) >= 11 is 0. The molecule has 0 aliphatic carbocycles. The van der Waals surface area contributed by atoms with Crippen LogP contribution in [0.3, 0.4) is 0 Å². The maximum atomic E-state index is 12.3. The maximum absolute atomic E-state index is 12.3. The molecule has 2 nitrogen and oxygen atoms in total. The molecule has 2 rings (SSSR count). The summed E-state index contributed by atoms with van der Waals surface area (Å²) in [6.07, 6.45) is -4.35. The number of rotatable bonds is 2. The van der Waals surface area contributed by atoms with Crippen molar-refractivity contribution in [2.75, 3.05) is 6.54 Å². The molecule has 0 saturated carbocycles. The summed E-state index contributed by atoms with van der Waals surface area (Å²) in [4.78, 5) is 12.6. The highest BCUT2D eigenvalue weighted by molar-refractivity contribution is 5.98. The molecule has 0 N–H and O–H groups in total. The zero-order valence-corrected chi connectivity index (χ0v) is 12.2. The van der Waals surface area contributed by atoms with Gasteiger partial charge in [0.1, 0.15) is 6.54 Å². The van der Waals surface area contributed by atoms with E-state index in [4.69, 9.17) is 0 Å². The van der Waals surface area contributed by atoms with Crippen LogP contribution >= 0.6 is 0 Å². The maximum Gasteiger partial charge on any atom is 0.406 e. The zero-order valence-electron chi connectivity index (χ0n) is 12.2. The van der Waals surface area contributed by atoms with Gasteiger partial charge in [0.25, 0.3) is 5.91 Å². The molecule has 1 aromatic carbocycles. The van der Waals surface area contributed by atoms with Crippen LogP contribution < -0.4 is 0 Å². The van der Waals surface area contributed by atoms with Crippen LogP contribution in [0.25, 0.3) is 0 Å². The van der Waals surface area contributed by atoms with E-state index < -0.39 is 18.6 Å². The summed E-state index contributed by atoms with van der Waals surface area (Å²) in [5.74, 6) is -0.236. The fraction of sp³-hybridized carbons (Fsp3) is 0.533. The van der Waals surface area contributed by atoms with E-state index in [0.717, 1.165) is 10.5 Å². The number of hydrogen-bond acceptors (Lipinski definition) is 1. The number of carbonyl (C=O) groups excluding carboxylic acids is 1. The molecule has 1 heterocycles. The molecule has 0 radical (unpaired) electrons. The predicted octanol–water partition coefficient (Wildman–Crippen LogP) is 4.35. The molecule has 1 amide bonds. The van der Waals surface area contributed by atoms with Crippen molar-refractivity contribution in [3.8, 4) is 0 Å². The van der Waals surface area contributed by atoms with E-state index in [1.807, 2.05) is 33.8 Å². The molecular formula is C15H20F3NO. The summed E-state index contributed by atoms with van der Waals surface area (Å²) in [6, 6.07) is 5.26. The Morgan fingerprint density at radius 2 is 1.85 bits per heavy atom. The van der Waals surface area contributed by atoms with Crippen molar-refractivity contribution in [2.45, 2.75) is 46.3 Å². The topological polar surface area (TPSA) is 20.3 Å². The van der Waals surface area contributed by atoms with E-state index >= 15 is 0 Å². The van der Waals surface area contributed by atoms with Gasteiger partial charge in [-0.05, 0) is 23.1 Å². The fourth-order valence-electron chi connectivity index (χ4n) is 2.10. The Labute approximate surface area is 117 Å². The number of carbonyl (C=O) groups is 1. The Hall–Kier alpha value is -1.52. The molecule has 0 aromatic heterocycles. The van der Waals surface area contributed by atoms with Gasteiger partial charge in [-0.3, -0.25) is 4.79 Å². The van der Waals surface area contributed by atoms with Crippen molar-refractivity contribution in [3.05, 3.63) is 34.9 Å². The SMILES string of the molecule is CC.CC(C)c1ccc2c(c1)CN(CC(F)(F)F)C2=O. The van der Waals surface area contributed by atoms with Crippen LogP contribution in [0.5, 0.6) is 0 Å². The molecule has 0 saturated heterocycles. The first-order valence-electron chi connectivity index (χ1n) is 6.77. The molecule has 112 valence electrons. The second-order valence-electron chi connectivity index (χ2n) is 4.85. The highest BCUT2D eigenvalue weighted by Crippen LogP contribution is 2.29. The normalized spacial score (nSPS) is 14.2. The third-order valence-corrected chi connectivity index (χ3v) is 3.04. The molecule has 1 aliphatic heterocycles. The molecular weight excluding hydrogens is 267 g/mol. The van der Waals surface area contributed by atoms with Gasteiger partial charge in [0, 0.05) is 12.1 Å². The van der Waals surface area contributed by atoms with Crippen molar-refractivity contribution in [3.63, 3.8) is 0 Å². The highest BCUT2D eigenvalue weighted by Gasteiger charge is 2.37. The number of benzene rings is 1. The molecule has 0 atom stereocenters. The van der Waals surface area contributed by atoms with Crippen molar-refractivity contribution in [1.82, 2.24) is 4.90 Å². The van der Waals surface area contributed by atoms with Crippen LogP contribution in [-0.2, 0) is 6.54 Å². The van der Waals surface area contributed by atoms with Gasteiger partial charge in [0.2, 0.25) is 0 Å². The lowest BCUT2D eigenvalue weighted by Gasteiger charge is -2.17. The van der Waals surface area contributed by atoms with Crippen LogP contribution in [-0.4, -0.2) is 23.5 Å². The number of fused-ring (bicyclic) bond motifs is 1. The minimum absolute atomic E-state index is 0.0498. The fourth-order valence-corrected chi connectivity index (χ4v) is 2.10. The number of halogens is 3. The van der Waals surface area contributed by atoms with E-state index in [-0.39, 0.29) is 6.54 Å².